The molecule has 21 heavy (non-hydrogen) atoms. The molecular weight excluding hydrogens is 328 g/mol. The second-order valence-electron chi connectivity index (χ2n) is 6.56. The molecule has 0 radical (unpaired) electrons. The van der Waals surface area contributed by atoms with Crippen molar-refractivity contribution < 1.29 is 4.79 Å². The minimum absolute atomic E-state index is 0.184. The van der Waals surface area contributed by atoms with E-state index in [2.05, 4.69) is 21.2 Å². The number of halogens is 1. The highest BCUT2D eigenvalue weighted by molar-refractivity contribution is 9.10. The molecule has 1 N–H and O–H groups in total. The van der Waals surface area contributed by atoms with Crippen LogP contribution in [0.25, 0.3) is 0 Å². The van der Waals surface area contributed by atoms with Crippen molar-refractivity contribution >= 4 is 21.8 Å². The van der Waals surface area contributed by atoms with Crippen LogP contribution in [0.5, 0.6) is 0 Å². The molecule has 0 aliphatic carbocycles. The van der Waals surface area contributed by atoms with Gasteiger partial charge >= 0.3 is 0 Å². The highest BCUT2D eigenvalue weighted by atomic mass is 79.9. The van der Waals surface area contributed by atoms with Crippen LogP contribution >= 0.6 is 15.9 Å². The van der Waals surface area contributed by atoms with Gasteiger partial charge in [-0.25, -0.2) is 0 Å². The van der Waals surface area contributed by atoms with Crippen LogP contribution in [-0.4, -0.2) is 37.0 Å². The van der Waals surface area contributed by atoms with E-state index in [1.807, 2.05) is 30.0 Å². The number of amides is 1. The number of piperidine rings is 2. The van der Waals surface area contributed by atoms with Crippen LogP contribution in [0.2, 0.25) is 0 Å². The molecule has 3 nitrogen and oxygen atoms in total. The van der Waals surface area contributed by atoms with Gasteiger partial charge in [-0.05, 0) is 74.9 Å². The van der Waals surface area contributed by atoms with Crippen LogP contribution in [0.4, 0.5) is 0 Å². The Kier molecular flexibility index (Phi) is 4.36. The van der Waals surface area contributed by atoms with Gasteiger partial charge in [-0.2, -0.15) is 0 Å². The highest BCUT2D eigenvalue weighted by Crippen LogP contribution is 2.39. The number of aryl methyl sites for hydroxylation is 1. The van der Waals surface area contributed by atoms with Gasteiger partial charge in [-0.15, -0.1) is 0 Å². The number of nitrogens with one attached hydrogen (secondary N) is 1. The van der Waals surface area contributed by atoms with E-state index in [0.717, 1.165) is 54.6 Å². The van der Waals surface area contributed by atoms with Gasteiger partial charge in [-0.1, -0.05) is 15.9 Å². The van der Waals surface area contributed by atoms with Gasteiger partial charge < -0.3 is 10.2 Å². The van der Waals surface area contributed by atoms with Gasteiger partial charge in [0.15, 0.2) is 0 Å². The van der Waals surface area contributed by atoms with Crippen molar-refractivity contribution in [1.29, 1.82) is 0 Å². The number of rotatable bonds is 1. The van der Waals surface area contributed by atoms with Crippen molar-refractivity contribution in [1.82, 2.24) is 10.2 Å². The highest BCUT2D eigenvalue weighted by Gasteiger charge is 2.36. The van der Waals surface area contributed by atoms with Crippen molar-refractivity contribution in [2.24, 2.45) is 5.41 Å². The number of nitrogens with zero attached hydrogens (tertiary/aromatic N) is 1. The van der Waals surface area contributed by atoms with Crippen LogP contribution in [0.15, 0.2) is 22.7 Å². The molecule has 0 aromatic heterocycles. The maximum atomic E-state index is 12.7. The molecule has 2 fully saturated rings. The number of hydrogen-bond acceptors (Lipinski definition) is 2. The zero-order chi connectivity index (χ0) is 14.9. The second kappa shape index (κ2) is 6.09. The molecule has 2 heterocycles. The Balaban J connectivity index is 1.67. The first-order chi connectivity index (χ1) is 10.1. The average Bonchev–Trinajstić information content (AvgIpc) is 2.47. The van der Waals surface area contributed by atoms with E-state index in [0.29, 0.717) is 5.41 Å². The quantitative estimate of drug-likeness (QED) is 0.842. The van der Waals surface area contributed by atoms with Gasteiger partial charge in [-0.3, -0.25) is 4.79 Å². The fourth-order valence-electron chi connectivity index (χ4n) is 3.68. The van der Waals surface area contributed by atoms with Crippen molar-refractivity contribution in [2.75, 3.05) is 26.2 Å². The van der Waals surface area contributed by atoms with E-state index in [1.165, 1.54) is 12.8 Å². The largest absolute Gasteiger partial charge is 0.339 e. The molecule has 0 atom stereocenters. The Hall–Kier alpha value is -0.870. The van der Waals surface area contributed by atoms with Gasteiger partial charge in [0.05, 0.1) is 0 Å². The monoisotopic (exact) mass is 350 g/mol. The molecule has 2 saturated heterocycles. The molecule has 4 heteroatoms. The maximum Gasteiger partial charge on any atom is 0.253 e. The summed E-state index contributed by atoms with van der Waals surface area (Å²) in [7, 11) is 0. The normalized spacial score (nSPS) is 21.5. The lowest BCUT2D eigenvalue weighted by Gasteiger charge is -2.44. The minimum atomic E-state index is 0.184. The van der Waals surface area contributed by atoms with Gasteiger partial charge in [0.1, 0.15) is 0 Å². The lowest BCUT2D eigenvalue weighted by Crippen LogP contribution is -2.47. The number of hydrogen-bond donors (Lipinski definition) is 1. The Morgan fingerprint density at radius 2 is 1.81 bits per heavy atom. The first kappa shape index (κ1) is 15.0. The Labute approximate surface area is 135 Å². The lowest BCUT2D eigenvalue weighted by molar-refractivity contribution is 0.0495. The Morgan fingerprint density at radius 3 is 2.43 bits per heavy atom. The van der Waals surface area contributed by atoms with Gasteiger partial charge in [0.25, 0.3) is 5.91 Å². The summed E-state index contributed by atoms with van der Waals surface area (Å²) in [4.78, 5) is 14.7. The zero-order valence-corrected chi connectivity index (χ0v) is 14.2. The summed E-state index contributed by atoms with van der Waals surface area (Å²) in [6.07, 6.45) is 4.86. The molecule has 1 amide bonds. The number of carbonyl (C=O) groups excluding carboxylic acids is 1. The molecule has 1 spiro atoms. The molecule has 114 valence electrons. The van der Waals surface area contributed by atoms with E-state index in [1.54, 1.807) is 0 Å². The first-order valence-electron chi connectivity index (χ1n) is 7.85. The number of carbonyl (C=O) groups is 1. The summed E-state index contributed by atoms with van der Waals surface area (Å²) in [6.45, 7) is 6.12. The molecule has 2 aliphatic heterocycles. The molecule has 0 bridgehead atoms. The Bertz CT molecular complexity index is 507. The maximum absolute atomic E-state index is 12.7. The SMILES string of the molecule is Cc1cc(Br)cc(C(=O)N2CCC3(CCNCC3)CC2)c1. The van der Waals surface area contributed by atoms with Gasteiger partial charge in [0.2, 0.25) is 0 Å². The minimum Gasteiger partial charge on any atom is -0.339 e. The van der Waals surface area contributed by atoms with Crippen molar-refractivity contribution in [3.63, 3.8) is 0 Å². The topological polar surface area (TPSA) is 32.3 Å². The molecule has 3 rings (SSSR count). The summed E-state index contributed by atoms with van der Waals surface area (Å²) < 4.78 is 0.984. The summed E-state index contributed by atoms with van der Waals surface area (Å²) >= 11 is 3.49. The van der Waals surface area contributed by atoms with Crippen LogP contribution in [-0.2, 0) is 0 Å². The first-order valence-corrected chi connectivity index (χ1v) is 8.65. The van der Waals surface area contributed by atoms with Crippen LogP contribution in [0, 0.1) is 12.3 Å². The van der Waals surface area contributed by atoms with Crippen LogP contribution < -0.4 is 5.32 Å². The standard InChI is InChI=1S/C17H23BrN2O/c1-13-10-14(12-15(18)11-13)16(21)20-8-4-17(5-9-20)2-6-19-7-3-17/h10-12,19H,2-9H2,1H3. The fraction of sp³-hybridized carbons (Fsp3) is 0.588. The second-order valence-corrected chi connectivity index (χ2v) is 7.48. The lowest BCUT2D eigenvalue weighted by atomic mass is 9.71. The molecule has 0 saturated carbocycles. The fourth-order valence-corrected chi connectivity index (χ4v) is 4.29. The van der Waals surface area contributed by atoms with Crippen molar-refractivity contribution in [3.8, 4) is 0 Å². The summed E-state index contributed by atoms with van der Waals surface area (Å²) in [6, 6.07) is 5.96. The third-order valence-electron chi connectivity index (χ3n) is 5.06. The summed E-state index contributed by atoms with van der Waals surface area (Å²) in [5.41, 5.74) is 2.43. The van der Waals surface area contributed by atoms with E-state index < -0.39 is 0 Å². The van der Waals surface area contributed by atoms with E-state index in [4.69, 9.17) is 0 Å². The summed E-state index contributed by atoms with van der Waals surface area (Å²) in [5, 5.41) is 3.44. The molecular formula is C17H23BrN2O. The Morgan fingerprint density at radius 1 is 1.14 bits per heavy atom. The molecule has 0 unspecified atom stereocenters. The van der Waals surface area contributed by atoms with Crippen LogP contribution in [0.1, 0.15) is 41.6 Å². The zero-order valence-electron chi connectivity index (χ0n) is 12.6. The number of likely N-dealkylation sites (tertiary alicyclic amines) is 1. The number of benzene rings is 1. The smallest absolute Gasteiger partial charge is 0.253 e. The van der Waals surface area contributed by atoms with Crippen molar-refractivity contribution in [3.05, 3.63) is 33.8 Å². The van der Waals surface area contributed by atoms with Crippen molar-refractivity contribution in [2.45, 2.75) is 32.6 Å². The average molecular weight is 351 g/mol. The van der Waals surface area contributed by atoms with Gasteiger partial charge in [0, 0.05) is 23.1 Å². The van der Waals surface area contributed by atoms with E-state index in [-0.39, 0.29) is 5.91 Å². The molecule has 1 aromatic rings. The predicted octanol–water partition coefficient (Wildman–Crippen LogP) is 3.36. The predicted molar refractivity (Wildman–Crippen MR) is 88.6 cm³/mol. The van der Waals surface area contributed by atoms with Crippen LogP contribution in [0.3, 0.4) is 0 Å². The van der Waals surface area contributed by atoms with E-state index >= 15 is 0 Å². The third kappa shape index (κ3) is 3.32. The third-order valence-corrected chi connectivity index (χ3v) is 5.52. The van der Waals surface area contributed by atoms with E-state index in [9.17, 15) is 4.79 Å². The molecule has 1 aromatic carbocycles. The summed E-state index contributed by atoms with van der Waals surface area (Å²) in [5.74, 6) is 0.184. The molecule has 2 aliphatic rings.